The molecule has 0 aromatic carbocycles. The first-order valence-electron chi connectivity index (χ1n) is 33.1. The van der Waals surface area contributed by atoms with Gasteiger partial charge in [-0.3, -0.25) is 20.2 Å². The summed E-state index contributed by atoms with van der Waals surface area (Å²) in [6, 6.07) is 19.3. The van der Waals surface area contributed by atoms with Gasteiger partial charge in [-0.2, -0.15) is 0 Å². The van der Waals surface area contributed by atoms with Crippen LogP contribution in [0.2, 0.25) is 18.1 Å². The number of hydrogen-bond acceptors (Lipinski definition) is 13. The first kappa shape index (κ1) is 82.3. The van der Waals surface area contributed by atoms with Crippen LogP contribution in [0.25, 0.3) is 0 Å². The number of amides is 3. The van der Waals surface area contributed by atoms with Gasteiger partial charge in [-0.15, -0.1) is 0 Å². The van der Waals surface area contributed by atoms with Crippen LogP contribution in [0.3, 0.4) is 0 Å². The molecule has 0 spiro atoms. The van der Waals surface area contributed by atoms with Crippen LogP contribution in [0.5, 0.6) is 0 Å². The van der Waals surface area contributed by atoms with E-state index in [0.29, 0.717) is 35.1 Å². The Morgan fingerprint density at radius 3 is 1.31 bits per heavy atom. The van der Waals surface area contributed by atoms with Crippen LogP contribution in [-0.2, 0) is 36.7 Å². The fourth-order valence-electron chi connectivity index (χ4n) is 10.5. The number of carboxylic acid groups (broad SMARTS) is 1. The smallest absolute Gasteiger partial charge is 0.413 e. The number of ether oxygens (including phenoxy) is 2. The minimum Gasteiger partial charge on any atom is -0.480 e. The lowest BCUT2D eigenvalue weighted by Crippen LogP contribution is -2.27. The Bertz CT molecular complexity index is 2590. The van der Waals surface area contributed by atoms with Crippen molar-refractivity contribution in [2.24, 2.45) is 23.7 Å². The largest absolute Gasteiger partial charge is 0.480 e. The molecule has 4 aromatic heterocycles. The number of nitrogens with one attached hydrogen (secondary N) is 3. The molecule has 8 rings (SSSR count). The first-order chi connectivity index (χ1) is 43.1. The monoisotopic (exact) mass is 1470 g/mol. The number of pyridine rings is 4. The number of nitrogens with two attached hydrogens (primary N) is 1. The van der Waals surface area contributed by atoms with Gasteiger partial charge in [0.05, 0.1) is 10.9 Å². The molecule has 7 N–H and O–H groups in total. The Balaban J connectivity index is 0.000000377. The van der Waals surface area contributed by atoms with Crippen LogP contribution in [0.15, 0.2) is 77.8 Å². The van der Waals surface area contributed by atoms with E-state index in [1.165, 1.54) is 138 Å². The number of alkyl halides is 2. The van der Waals surface area contributed by atoms with E-state index in [9.17, 15) is 29.1 Å². The molecule has 3 unspecified atom stereocenters. The van der Waals surface area contributed by atoms with E-state index in [-0.39, 0.29) is 19.5 Å². The number of aliphatic carboxylic acids is 1. The molecule has 3 atom stereocenters. The maximum Gasteiger partial charge on any atom is 0.413 e. The number of aliphatic hydroxyl groups excluding tert-OH is 1. The third-order valence-electron chi connectivity index (χ3n) is 15.7. The number of aromatic nitrogens is 4. The molecular weight excluding hydrogens is 1360 g/mol. The van der Waals surface area contributed by atoms with Crippen molar-refractivity contribution in [3.63, 3.8) is 0 Å². The van der Waals surface area contributed by atoms with Gasteiger partial charge in [0, 0.05) is 44.0 Å². The van der Waals surface area contributed by atoms with E-state index in [0.717, 1.165) is 60.3 Å². The second kappa shape index (κ2) is 46.3. The van der Waals surface area contributed by atoms with E-state index in [1.54, 1.807) is 44.4 Å². The SMILES string of the molecule is CC(Br)C(=O)Nc1ccc(CC2CCCCC2)cn1.CC(Br)C(=O)O.CC(C)(C)OC(=O)Nc1ccc(Br)cn1.CC(C)(C)OC(=O)Nc1ccc(C(O)C2CCCCC2)cn1.CC[Si](CC)CC.Nc1ccc(CC2CCCCC2)cn1.O=CC1CCCCC1. The molecule has 4 aromatic rings. The second-order valence-electron chi connectivity index (χ2n) is 25.9. The number of nitrogens with zero attached hydrogens (tertiary/aromatic N) is 4. The summed E-state index contributed by atoms with van der Waals surface area (Å²) in [7, 11) is 0.137. The van der Waals surface area contributed by atoms with Crippen molar-refractivity contribution in [2.75, 3.05) is 21.7 Å². The summed E-state index contributed by atoms with van der Waals surface area (Å²) in [5.41, 5.74) is 7.93. The highest BCUT2D eigenvalue weighted by atomic mass is 79.9. The van der Waals surface area contributed by atoms with Gasteiger partial charge in [0.15, 0.2) is 0 Å². The molecule has 4 saturated carbocycles. The zero-order valence-corrected chi connectivity index (χ0v) is 62.2. The van der Waals surface area contributed by atoms with Crippen molar-refractivity contribution >= 4 is 110 Å². The lowest BCUT2D eigenvalue weighted by Gasteiger charge is -2.26. The molecule has 0 saturated heterocycles. The third-order valence-corrected chi connectivity index (χ3v) is 20.0. The van der Waals surface area contributed by atoms with Crippen LogP contribution >= 0.6 is 47.8 Å². The topological polar surface area (TPSA) is 258 Å². The molecule has 21 heteroatoms. The maximum atomic E-state index is 11.7. The number of hydrogen-bond donors (Lipinski definition) is 6. The average molecular weight is 1480 g/mol. The predicted octanol–water partition coefficient (Wildman–Crippen LogP) is 19.1. The summed E-state index contributed by atoms with van der Waals surface area (Å²) >= 11 is 9.33. The Hall–Kier alpha value is -4.83. The minimum absolute atomic E-state index is 0.0625. The number of carbonyl (C=O) groups excluding carboxylic acids is 4. The van der Waals surface area contributed by atoms with Crippen LogP contribution < -0.4 is 21.7 Å². The van der Waals surface area contributed by atoms with Crippen LogP contribution in [0.1, 0.15) is 227 Å². The highest BCUT2D eigenvalue weighted by Gasteiger charge is 2.24. The first-order valence-corrected chi connectivity index (χ1v) is 37.9. The van der Waals surface area contributed by atoms with Gasteiger partial charge < -0.3 is 35.5 Å². The Kier molecular flexibility index (Phi) is 41.8. The molecule has 509 valence electrons. The van der Waals surface area contributed by atoms with E-state index in [2.05, 4.69) is 117 Å². The highest BCUT2D eigenvalue weighted by molar-refractivity contribution is 9.10. The quantitative estimate of drug-likeness (QED) is 0.0368. The average Bonchev–Trinajstić information content (AvgIpc) is 2.50. The fraction of sp³-hybridized carbons (Fsp3) is 0.643. The summed E-state index contributed by atoms with van der Waals surface area (Å²) in [6.07, 6.45) is 34.8. The van der Waals surface area contributed by atoms with Crippen LogP contribution in [-0.4, -0.2) is 90.2 Å². The second-order valence-corrected chi connectivity index (χ2v) is 33.2. The number of carbonyl (C=O) groups is 5. The van der Waals surface area contributed by atoms with Gasteiger partial charge >= 0.3 is 18.2 Å². The van der Waals surface area contributed by atoms with Gasteiger partial charge in [-0.1, -0.05) is 192 Å². The van der Waals surface area contributed by atoms with Crippen molar-refractivity contribution in [2.45, 2.75) is 263 Å². The molecule has 0 aliphatic heterocycles. The normalized spacial score (nSPS) is 16.4. The molecular formula is C70H110Br3N8O9Si. The zero-order chi connectivity index (χ0) is 67.8. The third kappa shape index (κ3) is 40.1. The maximum absolute atomic E-state index is 11.7. The molecule has 0 bridgehead atoms. The Morgan fingerprint density at radius 2 is 0.978 bits per heavy atom. The van der Waals surface area contributed by atoms with E-state index < -0.39 is 40.3 Å². The summed E-state index contributed by atoms with van der Waals surface area (Å²) in [5, 5.41) is 26.3. The molecule has 17 nitrogen and oxygen atoms in total. The van der Waals surface area contributed by atoms with E-state index in [1.807, 2.05) is 72.1 Å². The fourth-order valence-corrected chi connectivity index (χ4v) is 12.4. The van der Waals surface area contributed by atoms with Gasteiger partial charge in [-0.05, 0) is 175 Å². The number of aliphatic hydroxyl groups is 1. The molecule has 3 amide bonds. The Morgan fingerprint density at radius 1 is 0.582 bits per heavy atom. The van der Waals surface area contributed by atoms with Crippen molar-refractivity contribution in [3.8, 4) is 0 Å². The number of anilines is 4. The van der Waals surface area contributed by atoms with Crippen molar-refractivity contribution < 1.29 is 43.7 Å². The molecule has 4 aliphatic carbocycles. The van der Waals surface area contributed by atoms with Gasteiger partial charge in [-0.25, -0.2) is 29.5 Å². The lowest BCUT2D eigenvalue weighted by molar-refractivity contribution is -0.135. The lowest BCUT2D eigenvalue weighted by atomic mass is 9.83. The number of nitrogen functional groups attached to an aromatic ring is 1. The van der Waals surface area contributed by atoms with Crippen LogP contribution in [0, 0.1) is 23.7 Å². The Labute approximate surface area is 572 Å². The number of aldehydes is 1. The highest BCUT2D eigenvalue weighted by Crippen LogP contribution is 2.35. The molecule has 91 heavy (non-hydrogen) atoms. The van der Waals surface area contributed by atoms with Gasteiger partial charge in [0.25, 0.3) is 0 Å². The summed E-state index contributed by atoms with van der Waals surface area (Å²) in [5.74, 6) is 3.68. The predicted molar refractivity (Wildman–Crippen MR) is 384 cm³/mol. The van der Waals surface area contributed by atoms with Crippen molar-refractivity contribution in [3.05, 3.63) is 94.5 Å². The van der Waals surface area contributed by atoms with E-state index >= 15 is 0 Å². The number of rotatable bonds is 15. The van der Waals surface area contributed by atoms with Gasteiger partial charge in [0.2, 0.25) is 5.91 Å². The number of halogens is 3. The summed E-state index contributed by atoms with van der Waals surface area (Å²) < 4.78 is 11.1. The minimum atomic E-state index is -0.824. The molecule has 4 heterocycles. The number of carboxylic acids is 1. The van der Waals surface area contributed by atoms with Crippen molar-refractivity contribution in [1.82, 2.24) is 19.9 Å². The zero-order valence-electron chi connectivity index (χ0n) is 56.5. The standard InChI is InChI=1S/C17H26N2O3.C15H21BrN2O.C12H18N2.C10H13BrN2O2.C7H12O.C6H15Si.C3H5BrO2/c1-17(2,3)22-16(21)19-14-10-9-13(11-18-14)15(20)12-7-5-4-6-8-12;1-11(16)15(19)18-14-8-7-13(10-17-14)9-12-5-3-2-4-6-12;13-12-7-6-11(9-14-12)8-10-4-2-1-3-5-10;1-10(2,3)15-9(14)13-8-5-4-7(11)6-12-8;8-6-7-4-2-1-3-5-7;1-4-7(5-2)6-3;1-2(4)3(5)6/h9-12,15,20H,4-8H2,1-3H3,(H,18,19,21);7-8,10-12H,2-6,9H2,1H3,(H,17,18,19);6-7,9-10H,1-5,8H2,(H2,13,14);4-6H,1-3H3,(H,12,13,14);6-7H,1-5H2;4-6H2,1-3H3;2H,1H3,(H,5,6). The van der Waals surface area contributed by atoms with E-state index in [4.69, 9.17) is 20.3 Å². The van der Waals surface area contributed by atoms with Gasteiger partial charge in [0.1, 0.15) is 45.6 Å². The molecule has 4 aliphatic rings. The van der Waals surface area contributed by atoms with Crippen LogP contribution in [0.4, 0.5) is 32.9 Å². The molecule has 4 fully saturated rings. The summed E-state index contributed by atoms with van der Waals surface area (Å²) in [4.78, 5) is 70.3. The van der Waals surface area contributed by atoms with Crippen molar-refractivity contribution in [1.29, 1.82) is 0 Å². The molecule has 1 radical (unpaired) electrons. The summed E-state index contributed by atoms with van der Waals surface area (Å²) in [6.45, 7) is 21.1.